The maximum Gasteiger partial charge on any atom is 0.317 e. The van der Waals surface area contributed by atoms with E-state index < -0.39 is 5.97 Å². The average molecular weight is 290 g/mol. The Kier molecular flexibility index (Phi) is 4.96. The molecule has 0 radical (unpaired) electrons. The third-order valence-electron chi connectivity index (χ3n) is 3.59. The lowest BCUT2D eigenvalue weighted by Gasteiger charge is -2.19. The molecule has 0 heterocycles. The van der Waals surface area contributed by atoms with E-state index in [1.807, 2.05) is 24.3 Å². The van der Waals surface area contributed by atoms with Gasteiger partial charge in [0.05, 0.1) is 13.1 Å². The molecular weight excluding hydrogens is 268 g/mol. The number of hydrogen-bond acceptors (Lipinski definition) is 3. The number of aliphatic carboxylic acids is 1. The molecule has 0 aliphatic heterocycles. The first-order valence-corrected chi connectivity index (χ1v) is 7.31. The average Bonchev–Trinajstić information content (AvgIpc) is 3.21. The molecule has 0 unspecified atom stereocenters. The number of carboxylic acid groups (broad SMARTS) is 1. The molecule has 0 aromatic heterocycles. The van der Waals surface area contributed by atoms with E-state index in [1.165, 1.54) is 0 Å². The number of amides is 1. The summed E-state index contributed by atoms with van der Waals surface area (Å²) in [6.07, 6.45) is 1.95. The second kappa shape index (κ2) is 6.72. The van der Waals surface area contributed by atoms with Gasteiger partial charge in [0, 0.05) is 11.7 Å². The van der Waals surface area contributed by atoms with Gasteiger partial charge in [0.2, 0.25) is 5.91 Å². The van der Waals surface area contributed by atoms with Gasteiger partial charge in [0.1, 0.15) is 0 Å². The zero-order valence-corrected chi connectivity index (χ0v) is 12.5. The molecule has 0 spiro atoms. The normalized spacial score (nSPS) is 14.5. The molecule has 5 heteroatoms. The Bertz CT molecular complexity index is 524. The molecular formula is C16H22N2O3. The van der Waals surface area contributed by atoms with E-state index in [0.717, 1.165) is 24.1 Å². The van der Waals surface area contributed by atoms with Gasteiger partial charge in [-0.15, -0.1) is 0 Å². The molecule has 0 saturated heterocycles. The lowest BCUT2D eigenvalue weighted by atomic mass is 10.0. The molecule has 1 aromatic carbocycles. The fourth-order valence-electron chi connectivity index (χ4n) is 2.29. The van der Waals surface area contributed by atoms with Crippen molar-refractivity contribution in [2.75, 3.05) is 18.4 Å². The standard InChI is InChI=1S/C16H22N2O3/c1-11(2)12-4-3-5-13(8-12)17-15(19)9-18(10-16(20)21)14-6-7-14/h3-5,8,11,14H,6-7,9-10H2,1-2H3,(H,17,19)(H,20,21). The topological polar surface area (TPSA) is 69.6 Å². The van der Waals surface area contributed by atoms with Gasteiger partial charge in [-0.25, -0.2) is 0 Å². The van der Waals surface area contributed by atoms with Gasteiger partial charge < -0.3 is 10.4 Å². The smallest absolute Gasteiger partial charge is 0.317 e. The first kappa shape index (κ1) is 15.5. The van der Waals surface area contributed by atoms with Gasteiger partial charge in [-0.2, -0.15) is 0 Å². The Morgan fingerprint density at radius 2 is 2.05 bits per heavy atom. The lowest BCUT2D eigenvalue weighted by molar-refractivity contribution is -0.138. The number of rotatable bonds is 7. The van der Waals surface area contributed by atoms with E-state index in [-0.39, 0.29) is 25.0 Å². The summed E-state index contributed by atoms with van der Waals surface area (Å²) in [6, 6.07) is 8.00. The minimum Gasteiger partial charge on any atom is -0.480 e. The number of hydrogen-bond donors (Lipinski definition) is 2. The highest BCUT2D eigenvalue weighted by atomic mass is 16.4. The number of benzene rings is 1. The molecule has 5 nitrogen and oxygen atoms in total. The van der Waals surface area contributed by atoms with Crippen LogP contribution >= 0.6 is 0 Å². The maximum atomic E-state index is 12.1. The summed E-state index contributed by atoms with van der Waals surface area (Å²) < 4.78 is 0. The molecule has 1 fully saturated rings. The van der Waals surface area contributed by atoms with E-state index in [4.69, 9.17) is 5.11 Å². The van der Waals surface area contributed by atoms with E-state index >= 15 is 0 Å². The quantitative estimate of drug-likeness (QED) is 0.808. The van der Waals surface area contributed by atoms with Gasteiger partial charge in [-0.1, -0.05) is 26.0 Å². The van der Waals surface area contributed by atoms with Gasteiger partial charge in [0.25, 0.3) is 0 Å². The fourth-order valence-corrected chi connectivity index (χ4v) is 2.29. The Balaban J connectivity index is 1.94. The van der Waals surface area contributed by atoms with Crippen molar-refractivity contribution >= 4 is 17.6 Å². The Morgan fingerprint density at radius 1 is 1.33 bits per heavy atom. The molecule has 21 heavy (non-hydrogen) atoms. The molecule has 2 rings (SSSR count). The van der Waals surface area contributed by atoms with Crippen LogP contribution in [0.4, 0.5) is 5.69 Å². The third kappa shape index (κ3) is 4.86. The summed E-state index contributed by atoms with van der Waals surface area (Å²) in [5.74, 6) is -0.655. The van der Waals surface area contributed by atoms with Gasteiger partial charge in [-0.05, 0) is 36.5 Å². The molecule has 1 aliphatic carbocycles. The van der Waals surface area contributed by atoms with Crippen LogP contribution in [0.25, 0.3) is 0 Å². The van der Waals surface area contributed by atoms with Crippen molar-refractivity contribution in [2.24, 2.45) is 0 Å². The molecule has 1 aromatic rings. The first-order chi connectivity index (χ1) is 9.95. The minimum atomic E-state index is -0.892. The zero-order valence-electron chi connectivity index (χ0n) is 12.5. The maximum absolute atomic E-state index is 12.1. The SMILES string of the molecule is CC(C)c1cccc(NC(=O)CN(CC(=O)O)C2CC2)c1. The highest BCUT2D eigenvalue weighted by molar-refractivity contribution is 5.92. The number of carboxylic acids is 1. The van der Waals surface area contributed by atoms with Crippen LogP contribution in [0.3, 0.4) is 0 Å². The molecule has 0 atom stereocenters. The molecule has 1 saturated carbocycles. The van der Waals surface area contributed by atoms with Gasteiger partial charge in [-0.3, -0.25) is 14.5 Å². The first-order valence-electron chi connectivity index (χ1n) is 7.31. The summed E-state index contributed by atoms with van der Waals surface area (Å²) in [5, 5.41) is 11.7. The molecule has 114 valence electrons. The van der Waals surface area contributed by atoms with Crippen LogP contribution in [-0.4, -0.2) is 41.0 Å². The van der Waals surface area contributed by atoms with Crippen molar-refractivity contribution in [3.05, 3.63) is 29.8 Å². The third-order valence-corrected chi connectivity index (χ3v) is 3.59. The highest BCUT2D eigenvalue weighted by Crippen LogP contribution is 2.26. The summed E-state index contributed by atoms with van der Waals surface area (Å²) in [7, 11) is 0. The lowest BCUT2D eigenvalue weighted by Crippen LogP contribution is -2.38. The minimum absolute atomic E-state index is 0.0792. The van der Waals surface area contributed by atoms with Crippen LogP contribution in [0, 0.1) is 0 Å². The highest BCUT2D eigenvalue weighted by Gasteiger charge is 2.31. The number of nitrogens with one attached hydrogen (secondary N) is 1. The number of anilines is 1. The number of carbonyl (C=O) groups is 2. The number of nitrogens with zero attached hydrogens (tertiary/aromatic N) is 1. The van der Waals surface area contributed by atoms with Crippen molar-refractivity contribution in [1.82, 2.24) is 4.90 Å². The van der Waals surface area contributed by atoms with E-state index in [2.05, 4.69) is 19.2 Å². The number of carbonyl (C=O) groups excluding carboxylic acids is 1. The van der Waals surface area contributed by atoms with Gasteiger partial charge >= 0.3 is 5.97 Å². The van der Waals surface area contributed by atoms with E-state index in [0.29, 0.717) is 5.92 Å². The predicted octanol–water partition coefficient (Wildman–Crippen LogP) is 2.30. The van der Waals surface area contributed by atoms with Crippen LogP contribution in [-0.2, 0) is 9.59 Å². The predicted molar refractivity (Wildman–Crippen MR) is 81.4 cm³/mol. The Hall–Kier alpha value is -1.88. The van der Waals surface area contributed by atoms with Crippen LogP contribution in [0.2, 0.25) is 0 Å². The fraction of sp³-hybridized carbons (Fsp3) is 0.500. The Morgan fingerprint density at radius 3 is 2.62 bits per heavy atom. The van der Waals surface area contributed by atoms with Crippen molar-refractivity contribution < 1.29 is 14.7 Å². The van der Waals surface area contributed by atoms with Crippen LogP contribution in [0.15, 0.2) is 24.3 Å². The molecule has 2 N–H and O–H groups in total. The second-order valence-corrected chi connectivity index (χ2v) is 5.86. The van der Waals surface area contributed by atoms with E-state index in [1.54, 1.807) is 4.90 Å². The monoisotopic (exact) mass is 290 g/mol. The van der Waals surface area contributed by atoms with Crippen LogP contribution in [0.1, 0.15) is 38.2 Å². The van der Waals surface area contributed by atoms with Crippen molar-refractivity contribution in [2.45, 2.75) is 38.6 Å². The largest absolute Gasteiger partial charge is 0.480 e. The van der Waals surface area contributed by atoms with Gasteiger partial charge in [0.15, 0.2) is 0 Å². The van der Waals surface area contributed by atoms with Crippen molar-refractivity contribution in [3.63, 3.8) is 0 Å². The van der Waals surface area contributed by atoms with Crippen LogP contribution < -0.4 is 5.32 Å². The molecule has 1 amide bonds. The van der Waals surface area contributed by atoms with Crippen LogP contribution in [0.5, 0.6) is 0 Å². The molecule has 0 bridgehead atoms. The van der Waals surface area contributed by atoms with Crippen molar-refractivity contribution in [1.29, 1.82) is 0 Å². The molecule has 1 aliphatic rings. The summed E-state index contributed by atoms with van der Waals surface area (Å²) in [6.45, 7) is 4.25. The Labute approximate surface area is 125 Å². The second-order valence-electron chi connectivity index (χ2n) is 5.86. The zero-order chi connectivity index (χ0) is 15.4. The summed E-state index contributed by atoms with van der Waals surface area (Å²) in [4.78, 5) is 24.6. The van der Waals surface area contributed by atoms with E-state index in [9.17, 15) is 9.59 Å². The summed E-state index contributed by atoms with van der Waals surface area (Å²) >= 11 is 0. The van der Waals surface area contributed by atoms with Crippen molar-refractivity contribution in [3.8, 4) is 0 Å². The summed E-state index contributed by atoms with van der Waals surface area (Å²) in [5.41, 5.74) is 1.93.